The summed E-state index contributed by atoms with van der Waals surface area (Å²) in [6.45, 7) is -0.322. The van der Waals surface area contributed by atoms with Crippen LogP contribution in [-0.2, 0) is 9.59 Å². The maximum Gasteiger partial charge on any atom is 0.266 e. The molecule has 0 radical (unpaired) electrons. The van der Waals surface area contributed by atoms with Gasteiger partial charge in [-0.1, -0.05) is 41.4 Å². The standard InChI is InChI=1S/C25H19Cl2N3O4/c1-33-23-8-3-2-7-21(23)30-24(31)15-34-22-10-9-19(27)12-16(22)11-17(14-28)25(32)29-20-6-4-5-18(26)13-20/h2-13H,15H2,1H3,(H,29,32)(H,30,31)/b17-11-. The molecule has 0 aromatic heterocycles. The van der Waals surface area contributed by atoms with E-state index in [2.05, 4.69) is 10.6 Å². The molecular formula is C25H19Cl2N3O4. The van der Waals surface area contributed by atoms with E-state index in [4.69, 9.17) is 32.7 Å². The molecule has 2 amide bonds. The van der Waals surface area contributed by atoms with Gasteiger partial charge in [0.1, 0.15) is 23.1 Å². The predicted molar refractivity (Wildman–Crippen MR) is 132 cm³/mol. The van der Waals surface area contributed by atoms with Crippen molar-refractivity contribution in [1.82, 2.24) is 0 Å². The van der Waals surface area contributed by atoms with Crippen LogP contribution in [0.25, 0.3) is 6.08 Å². The highest BCUT2D eigenvalue weighted by molar-refractivity contribution is 6.31. The van der Waals surface area contributed by atoms with E-state index < -0.39 is 11.8 Å². The van der Waals surface area contributed by atoms with Crippen molar-refractivity contribution < 1.29 is 19.1 Å². The molecule has 0 aliphatic heterocycles. The van der Waals surface area contributed by atoms with Gasteiger partial charge in [-0.2, -0.15) is 5.26 Å². The summed E-state index contributed by atoms with van der Waals surface area (Å²) >= 11 is 12.0. The SMILES string of the molecule is COc1ccccc1NC(=O)COc1ccc(Cl)cc1/C=C(/C#N)C(=O)Nc1cccc(Cl)c1. The molecule has 0 aliphatic rings. The van der Waals surface area contributed by atoms with E-state index >= 15 is 0 Å². The maximum atomic E-state index is 12.6. The van der Waals surface area contributed by atoms with Crippen LogP contribution in [-0.4, -0.2) is 25.5 Å². The molecule has 0 fully saturated rings. The van der Waals surface area contributed by atoms with Gasteiger partial charge >= 0.3 is 0 Å². The first-order valence-electron chi connectivity index (χ1n) is 9.93. The molecular weight excluding hydrogens is 477 g/mol. The van der Waals surface area contributed by atoms with Gasteiger partial charge in [0.25, 0.3) is 11.8 Å². The number of nitriles is 1. The largest absolute Gasteiger partial charge is 0.495 e. The van der Waals surface area contributed by atoms with Gasteiger partial charge in [-0.15, -0.1) is 0 Å². The minimum atomic E-state index is -0.635. The summed E-state index contributed by atoms with van der Waals surface area (Å²) in [6.07, 6.45) is 1.33. The van der Waals surface area contributed by atoms with Crippen molar-refractivity contribution in [2.45, 2.75) is 0 Å². The summed E-state index contributed by atoms with van der Waals surface area (Å²) in [7, 11) is 1.50. The average molecular weight is 496 g/mol. The first-order valence-corrected chi connectivity index (χ1v) is 10.7. The predicted octanol–water partition coefficient (Wildman–Crippen LogP) is 5.57. The molecule has 3 rings (SSSR count). The third-order valence-electron chi connectivity index (χ3n) is 4.46. The lowest BCUT2D eigenvalue weighted by molar-refractivity contribution is -0.118. The maximum absolute atomic E-state index is 12.6. The topological polar surface area (TPSA) is 100 Å². The van der Waals surface area contributed by atoms with Crippen molar-refractivity contribution in [2.24, 2.45) is 0 Å². The van der Waals surface area contributed by atoms with Crippen molar-refractivity contribution in [3.05, 3.63) is 87.9 Å². The van der Waals surface area contributed by atoms with E-state index in [0.717, 1.165) is 0 Å². The van der Waals surface area contributed by atoms with Crippen molar-refractivity contribution in [2.75, 3.05) is 24.4 Å². The molecule has 0 bridgehead atoms. The summed E-state index contributed by atoms with van der Waals surface area (Å²) in [5.74, 6) is -0.281. The Bertz CT molecular complexity index is 1290. The second kappa shape index (κ2) is 11.8. The van der Waals surface area contributed by atoms with Crippen LogP contribution in [0.5, 0.6) is 11.5 Å². The molecule has 0 atom stereocenters. The Kier molecular flexibility index (Phi) is 8.52. The number of nitrogens with zero attached hydrogens (tertiary/aromatic N) is 1. The van der Waals surface area contributed by atoms with Gasteiger partial charge in [0, 0.05) is 21.3 Å². The van der Waals surface area contributed by atoms with Gasteiger partial charge < -0.3 is 20.1 Å². The van der Waals surface area contributed by atoms with Gasteiger partial charge in [0.05, 0.1) is 12.8 Å². The van der Waals surface area contributed by atoms with E-state index in [1.54, 1.807) is 60.7 Å². The molecule has 0 aliphatic carbocycles. The Morgan fingerprint density at radius 1 is 0.971 bits per heavy atom. The number of amides is 2. The van der Waals surface area contributed by atoms with Crippen LogP contribution in [0.4, 0.5) is 11.4 Å². The van der Waals surface area contributed by atoms with Crippen LogP contribution < -0.4 is 20.1 Å². The molecule has 0 saturated heterocycles. The van der Waals surface area contributed by atoms with Crippen molar-refractivity contribution >= 4 is 52.5 Å². The molecule has 0 heterocycles. The molecule has 7 nitrogen and oxygen atoms in total. The molecule has 3 aromatic carbocycles. The zero-order valence-corrected chi connectivity index (χ0v) is 19.5. The number of carbonyl (C=O) groups is 2. The first kappa shape index (κ1) is 24.6. The monoisotopic (exact) mass is 495 g/mol. The Morgan fingerprint density at radius 3 is 2.47 bits per heavy atom. The fourth-order valence-corrected chi connectivity index (χ4v) is 3.28. The second-order valence-corrected chi connectivity index (χ2v) is 7.73. The summed E-state index contributed by atoms with van der Waals surface area (Å²) < 4.78 is 10.9. The summed E-state index contributed by atoms with van der Waals surface area (Å²) in [5.41, 5.74) is 1.11. The minimum Gasteiger partial charge on any atom is -0.495 e. The van der Waals surface area contributed by atoms with Crippen LogP contribution in [0.2, 0.25) is 10.0 Å². The quantitative estimate of drug-likeness (QED) is 0.314. The Labute approximate surface area is 206 Å². The second-order valence-electron chi connectivity index (χ2n) is 6.85. The highest BCUT2D eigenvalue weighted by Crippen LogP contribution is 2.27. The number of para-hydroxylation sites is 2. The van der Waals surface area contributed by atoms with Crippen molar-refractivity contribution in [3.8, 4) is 17.6 Å². The lowest BCUT2D eigenvalue weighted by Crippen LogP contribution is -2.20. The lowest BCUT2D eigenvalue weighted by Gasteiger charge is -2.12. The lowest BCUT2D eigenvalue weighted by atomic mass is 10.1. The number of benzene rings is 3. The normalized spacial score (nSPS) is 10.7. The van der Waals surface area contributed by atoms with Gasteiger partial charge in [0.2, 0.25) is 0 Å². The number of ether oxygens (including phenoxy) is 2. The molecule has 9 heteroatoms. The highest BCUT2D eigenvalue weighted by Gasteiger charge is 2.14. The zero-order valence-electron chi connectivity index (χ0n) is 18.0. The number of hydrogen-bond acceptors (Lipinski definition) is 5. The summed E-state index contributed by atoms with van der Waals surface area (Å²) in [5, 5.41) is 15.7. The highest BCUT2D eigenvalue weighted by atomic mass is 35.5. The molecule has 34 heavy (non-hydrogen) atoms. The number of methoxy groups -OCH3 is 1. The summed E-state index contributed by atoms with van der Waals surface area (Å²) in [4.78, 5) is 25.0. The number of anilines is 2. The molecule has 0 unspecified atom stereocenters. The third kappa shape index (κ3) is 6.75. The van der Waals surface area contributed by atoms with Crippen LogP contribution in [0.1, 0.15) is 5.56 Å². The Morgan fingerprint density at radius 2 is 1.74 bits per heavy atom. The van der Waals surface area contributed by atoms with Crippen LogP contribution in [0.3, 0.4) is 0 Å². The fraction of sp³-hybridized carbons (Fsp3) is 0.0800. The van der Waals surface area contributed by atoms with Crippen molar-refractivity contribution in [3.63, 3.8) is 0 Å². The number of hydrogen-bond donors (Lipinski definition) is 2. The van der Waals surface area contributed by atoms with Gasteiger partial charge in [-0.25, -0.2) is 0 Å². The van der Waals surface area contributed by atoms with Gasteiger partial charge in [-0.05, 0) is 54.6 Å². The summed E-state index contributed by atoms with van der Waals surface area (Å²) in [6, 6.07) is 20.0. The number of rotatable bonds is 8. The Hall–Kier alpha value is -3.99. The molecule has 0 saturated carbocycles. The minimum absolute atomic E-state index is 0.189. The van der Waals surface area contributed by atoms with Gasteiger partial charge in [0.15, 0.2) is 6.61 Å². The van der Waals surface area contributed by atoms with E-state index in [0.29, 0.717) is 32.7 Å². The molecule has 172 valence electrons. The number of halogens is 2. The smallest absolute Gasteiger partial charge is 0.266 e. The number of nitrogens with one attached hydrogen (secondary N) is 2. The van der Waals surface area contributed by atoms with Gasteiger partial charge in [-0.3, -0.25) is 9.59 Å². The fourth-order valence-electron chi connectivity index (χ4n) is 2.91. The van der Waals surface area contributed by atoms with E-state index in [1.165, 1.54) is 19.3 Å². The van der Waals surface area contributed by atoms with Crippen LogP contribution in [0.15, 0.2) is 72.3 Å². The Balaban J connectivity index is 1.75. The van der Waals surface area contributed by atoms with E-state index in [1.807, 2.05) is 6.07 Å². The molecule has 2 N–H and O–H groups in total. The van der Waals surface area contributed by atoms with Crippen LogP contribution >= 0.6 is 23.2 Å². The third-order valence-corrected chi connectivity index (χ3v) is 4.93. The van der Waals surface area contributed by atoms with E-state index in [9.17, 15) is 14.9 Å². The van der Waals surface area contributed by atoms with E-state index in [-0.39, 0.29) is 17.9 Å². The van der Waals surface area contributed by atoms with Crippen LogP contribution in [0, 0.1) is 11.3 Å². The molecule has 3 aromatic rings. The molecule has 0 spiro atoms. The number of carbonyl (C=O) groups excluding carboxylic acids is 2. The zero-order chi connectivity index (χ0) is 24.5. The first-order chi connectivity index (χ1) is 16.4. The van der Waals surface area contributed by atoms with Crippen molar-refractivity contribution in [1.29, 1.82) is 5.26 Å². The average Bonchev–Trinajstić information content (AvgIpc) is 2.82.